The Bertz CT molecular complexity index is 1360. The zero-order valence-corrected chi connectivity index (χ0v) is 23.7. The maximum atomic E-state index is 13.9. The lowest BCUT2D eigenvalue weighted by atomic mass is 9.93. The van der Waals surface area contributed by atoms with Crippen LogP contribution in [-0.4, -0.2) is 29.8 Å². The molecule has 38 heavy (non-hydrogen) atoms. The van der Waals surface area contributed by atoms with Crippen molar-refractivity contribution in [1.82, 2.24) is 9.97 Å². The molecule has 1 fully saturated rings. The summed E-state index contributed by atoms with van der Waals surface area (Å²) in [5.74, 6) is 2.73. The molecule has 6 nitrogen and oxygen atoms in total. The maximum Gasteiger partial charge on any atom is 0.229 e. The lowest BCUT2D eigenvalue weighted by molar-refractivity contribution is 0.402. The number of fused-ring (bicyclic) bond motifs is 1. The summed E-state index contributed by atoms with van der Waals surface area (Å²) in [7, 11) is -2.74. The van der Waals surface area contributed by atoms with Gasteiger partial charge in [-0.25, -0.2) is 9.37 Å². The summed E-state index contributed by atoms with van der Waals surface area (Å²) in [6.45, 7) is 4.05. The molecule has 2 unspecified atom stereocenters. The van der Waals surface area contributed by atoms with Crippen molar-refractivity contribution in [3.63, 3.8) is 0 Å². The molecular weight excluding hydrogens is 520 g/mol. The Labute approximate surface area is 229 Å². The summed E-state index contributed by atoms with van der Waals surface area (Å²) in [4.78, 5) is 8.90. The number of nitrogens with zero attached hydrogens (tertiary/aromatic N) is 2. The number of aryl methyl sites for hydroxylation is 2. The van der Waals surface area contributed by atoms with Gasteiger partial charge in [0.05, 0.1) is 11.9 Å². The van der Waals surface area contributed by atoms with Gasteiger partial charge in [-0.1, -0.05) is 24.1 Å². The van der Waals surface area contributed by atoms with Crippen LogP contribution in [0.25, 0.3) is 0 Å². The highest BCUT2D eigenvalue weighted by molar-refractivity contribution is 7.70. The van der Waals surface area contributed by atoms with Crippen LogP contribution in [0, 0.1) is 23.6 Å². The molecular formula is C29H36ClFN5OP. The van der Waals surface area contributed by atoms with Gasteiger partial charge in [0, 0.05) is 11.0 Å². The van der Waals surface area contributed by atoms with Crippen LogP contribution in [0.3, 0.4) is 0 Å². The number of benzene rings is 2. The van der Waals surface area contributed by atoms with Crippen molar-refractivity contribution < 1.29 is 8.96 Å². The molecule has 1 saturated carbocycles. The van der Waals surface area contributed by atoms with Crippen molar-refractivity contribution in [3.05, 3.63) is 64.6 Å². The third kappa shape index (κ3) is 6.56. The second-order valence-electron chi connectivity index (χ2n) is 11.1. The van der Waals surface area contributed by atoms with Crippen LogP contribution in [0.5, 0.6) is 0 Å². The molecule has 2 aromatic carbocycles. The Morgan fingerprint density at radius 2 is 1.84 bits per heavy atom. The quantitative estimate of drug-likeness (QED) is 0.197. The number of nitrogens with two attached hydrogens (primary N) is 1. The molecule has 0 spiro atoms. The monoisotopic (exact) mass is 555 g/mol. The van der Waals surface area contributed by atoms with Gasteiger partial charge in [0.15, 0.2) is 5.82 Å². The molecule has 0 radical (unpaired) electrons. The molecule has 0 saturated heterocycles. The number of halogens is 2. The molecule has 202 valence electrons. The first kappa shape index (κ1) is 27.1. The van der Waals surface area contributed by atoms with Gasteiger partial charge < -0.3 is 20.9 Å². The third-order valence-corrected chi connectivity index (χ3v) is 9.77. The van der Waals surface area contributed by atoms with Gasteiger partial charge in [-0.2, -0.15) is 4.98 Å². The van der Waals surface area contributed by atoms with Crippen molar-refractivity contribution in [2.45, 2.75) is 44.9 Å². The minimum absolute atomic E-state index is 0.310. The first-order valence-corrected chi connectivity index (χ1v) is 16.4. The predicted octanol–water partition coefficient (Wildman–Crippen LogP) is 6.87. The Hall–Kier alpha value is -2.47. The van der Waals surface area contributed by atoms with E-state index in [1.165, 1.54) is 61.6 Å². The standard InChI is InChI=1S/C29H36ClFN5OP/c1-38(2,37)27-15-23(31)10-12-26(27)35-28-25(30)17-33-29(36-28)34-24-11-9-19-6-3-18(5-8-21(19)14-24)4-7-20-13-22(20)16-32/h9-12,14-15,17-18,20,22H,3-8,13,16,32H2,1-2H3,(H2,33,34,35,36)/t18-,20?,22?/m1/s1. The summed E-state index contributed by atoms with van der Waals surface area (Å²) in [6.07, 6.45) is 10.2. The number of nitrogens with one attached hydrogen (secondary N) is 2. The first-order valence-electron chi connectivity index (χ1n) is 13.4. The van der Waals surface area contributed by atoms with Gasteiger partial charge in [0.25, 0.3) is 0 Å². The van der Waals surface area contributed by atoms with Gasteiger partial charge in [-0.3, -0.25) is 0 Å². The van der Waals surface area contributed by atoms with Crippen LogP contribution in [0.1, 0.15) is 43.2 Å². The van der Waals surface area contributed by atoms with Gasteiger partial charge >= 0.3 is 0 Å². The van der Waals surface area contributed by atoms with E-state index in [-0.39, 0.29) is 0 Å². The third-order valence-electron chi connectivity index (χ3n) is 7.96. The van der Waals surface area contributed by atoms with Crippen LogP contribution in [-0.2, 0) is 17.4 Å². The minimum Gasteiger partial charge on any atom is -0.338 e. The van der Waals surface area contributed by atoms with E-state index in [2.05, 4.69) is 38.8 Å². The van der Waals surface area contributed by atoms with Crippen molar-refractivity contribution in [3.8, 4) is 0 Å². The first-order chi connectivity index (χ1) is 18.2. The lowest BCUT2D eigenvalue weighted by Gasteiger charge is -2.16. The number of rotatable bonds is 9. The van der Waals surface area contributed by atoms with Gasteiger partial charge in [-0.15, -0.1) is 0 Å². The Kier molecular flexibility index (Phi) is 8.08. The van der Waals surface area contributed by atoms with E-state index in [1.54, 1.807) is 19.4 Å². The van der Waals surface area contributed by atoms with E-state index in [4.69, 9.17) is 17.3 Å². The Morgan fingerprint density at radius 3 is 2.58 bits per heavy atom. The molecule has 1 aromatic heterocycles. The fraction of sp³-hybridized carbons (Fsp3) is 0.448. The molecule has 0 bridgehead atoms. The van der Waals surface area contributed by atoms with E-state index in [9.17, 15) is 8.96 Å². The van der Waals surface area contributed by atoms with Gasteiger partial charge in [-0.05, 0) is 118 Å². The fourth-order valence-electron chi connectivity index (χ4n) is 5.56. The van der Waals surface area contributed by atoms with E-state index in [0.29, 0.717) is 27.8 Å². The minimum atomic E-state index is -2.74. The molecule has 0 amide bonds. The molecule has 1 heterocycles. The zero-order chi connectivity index (χ0) is 26.9. The second-order valence-corrected chi connectivity index (χ2v) is 14.7. The van der Waals surface area contributed by atoms with Crippen molar-refractivity contribution >= 4 is 47.2 Å². The number of hydrogen-bond donors (Lipinski definition) is 3. The van der Waals surface area contributed by atoms with Gasteiger partial charge in [0.2, 0.25) is 5.95 Å². The number of hydrogen-bond acceptors (Lipinski definition) is 6. The largest absolute Gasteiger partial charge is 0.338 e. The summed E-state index contributed by atoms with van der Waals surface area (Å²) in [6, 6.07) is 10.7. The van der Waals surface area contributed by atoms with E-state index in [0.717, 1.165) is 42.8 Å². The second kappa shape index (κ2) is 11.3. The molecule has 5 rings (SSSR count). The predicted molar refractivity (Wildman–Crippen MR) is 156 cm³/mol. The average molecular weight is 556 g/mol. The molecule has 9 heteroatoms. The molecule has 3 atom stereocenters. The fourth-order valence-corrected chi connectivity index (χ4v) is 6.85. The average Bonchev–Trinajstić information content (AvgIpc) is 3.67. The van der Waals surface area contributed by atoms with E-state index >= 15 is 0 Å². The van der Waals surface area contributed by atoms with Crippen LogP contribution >= 0.6 is 18.7 Å². The Morgan fingerprint density at radius 1 is 1.05 bits per heavy atom. The Balaban J connectivity index is 1.26. The number of aromatic nitrogens is 2. The van der Waals surface area contributed by atoms with E-state index < -0.39 is 13.0 Å². The van der Waals surface area contributed by atoms with Crippen molar-refractivity contribution in [1.29, 1.82) is 0 Å². The highest BCUT2D eigenvalue weighted by atomic mass is 35.5. The summed E-state index contributed by atoms with van der Waals surface area (Å²) in [5, 5.41) is 7.15. The highest BCUT2D eigenvalue weighted by Gasteiger charge is 2.35. The smallest absolute Gasteiger partial charge is 0.229 e. The van der Waals surface area contributed by atoms with E-state index in [1.807, 2.05) is 0 Å². The summed E-state index contributed by atoms with van der Waals surface area (Å²) in [5.41, 5.74) is 10.1. The molecule has 3 aromatic rings. The lowest BCUT2D eigenvalue weighted by Crippen LogP contribution is -2.12. The van der Waals surface area contributed by atoms with Crippen LogP contribution in [0.2, 0.25) is 5.02 Å². The van der Waals surface area contributed by atoms with Crippen LogP contribution < -0.4 is 21.7 Å². The normalized spacial score (nSPS) is 20.9. The SMILES string of the molecule is CP(C)(=O)c1cc(F)ccc1Nc1nc(Nc2ccc3c(c2)CC[C@@H](CCC2CC2CN)CC3)ncc1Cl. The van der Waals surface area contributed by atoms with Crippen molar-refractivity contribution in [2.75, 3.05) is 30.5 Å². The van der Waals surface area contributed by atoms with Crippen molar-refractivity contribution in [2.24, 2.45) is 23.5 Å². The maximum absolute atomic E-state index is 13.9. The zero-order valence-electron chi connectivity index (χ0n) is 22.0. The summed E-state index contributed by atoms with van der Waals surface area (Å²) >= 11 is 6.37. The molecule has 2 aliphatic carbocycles. The van der Waals surface area contributed by atoms with Crippen LogP contribution in [0.4, 0.5) is 27.5 Å². The van der Waals surface area contributed by atoms with Crippen LogP contribution in [0.15, 0.2) is 42.6 Å². The topological polar surface area (TPSA) is 92.9 Å². The summed E-state index contributed by atoms with van der Waals surface area (Å²) < 4.78 is 26.6. The molecule has 2 aliphatic rings. The van der Waals surface area contributed by atoms with Gasteiger partial charge in [0.1, 0.15) is 18.0 Å². The molecule has 0 aliphatic heterocycles. The molecule has 4 N–H and O–H groups in total. The number of anilines is 4. The highest BCUT2D eigenvalue weighted by Crippen LogP contribution is 2.43.